The monoisotopic (exact) mass is 252 g/mol. The first kappa shape index (κ1) is 11.2. The van der Waals surface area contributed by atoms with Gasteiger partial charge in [0.1, 0.15) is 0 Å². The summed E-state index contributed by atoms with van der Waals surface area (Å²) in [6, 6.07) is 11.9. The molecule has 18 heavy (non-hydrogen) atoms. The number of benzene rings is 2. The Balaban J connectivity index is 2.67. The van der Waals surface area contributed by atoms with Crippen molar-refractivity contribution in [1.82, 2.24) is 0 Å². The van der Waals surface area contributed by atoms with Gasteiger partial charge in [0.25, 0.3) is 0 Å². The number of fused-ring (bicyclic) bond motifs is 2. The summed E-state index contributed by atoms with van der Waals surface area (Å²) >= 11 is 1.66. The summed E-state index contributed by atoms with van der Waals surface area (Å²) in [5.41, 5.74) is 2.07. The van der Waals surface area contributed by atoms with Gasteiger partial charge in [0.15, 0.2) is 5.43 Å². The van der Waals surface area contributed by atoms with Gasteiger partial charge in [0.05, 0.1) is 0 Å². The number of aryl methyl sites for hydroxylation is 1. The summed E-state index contributed by atoms with van der Waals surface area (Å²) in [6.07, 6.45) is 1.75. The minimum atomic E-state index is 0.118. The first-order valence-electron chi connectivity index (χ1n) is 5.80. The Morgan fingerprint density at radius 2 is 1.72 bits per heavy atom. The molecule has 1 nitrogen and oxygen atoms in total. The first-order chi connectivity index (χ1) is 8.72. The quantitative estimate of drug-likeness (QED) is 0.588. The zero-order chi connectivity index (χ0) is 12.7. The molecule has 0 amide bonds. The second-order valence-electron chi connectivity index (χ2n) is 4.30. The molecule has 0 saturated heterocycles. The van der Waals surface area contributed by atoms with Crippen LogP contribution in [0.1, 0.15) is 11.1 Å². The molecule has 0 aliphatic heterocycles. The van der Waals surface area contributed by atoms with E-state index in [1.807, 2.05) is 43.3 Å². The van der Waals surface area contributed by atoms with E-state index in [1.165, 1.54) is 0 Å². The van der Waals surface area contributed by atoms with Crippen molar-refractivity contribution >= 4 is 37.6 Å². The van der Waals surface area contributed by atoms with Crippen LogP contribution in [0, 0.1) is 6.92 Å². The van der Waals surface area contributed by atoms with Gasteiger partial charge in [0.2, 0.25) is 0 Å². The lowest BCUT2D eigenvalue weighted by Gasteiger charge is -2.05. The molecule has 0 atom stereocenters. The third-order valence-electron chi connectivity index (χ3n) is 3.19. The van der Waals surface area contributed by atoms with Gasteiger partial charge < -0.3 is 0 Å². The van der Waals surface area contributed by atoms with Crippen molar-refractivity contribution in [2.45, 2.75) is 6.92 Å². The van der Waals surface area contributed by atoms with Gasteiger partial charge in [-0.15, -0.1) is 11.3 Å². The van der Waals surface area contributed by atoms with Gasteiger partial charge in [-0.1, -0.05) is 36.9 Å². The predicted molar refractivity (Wildman–Crippen MR) is 80.4 cm³/mol. The summed E-state index contributed by atoms with van der Waals surface area (Å²) in [5, 5.41) is 1.63. The molecule has 2 heteroatoms. The van der Waals surface area contributed by atoms with Crippen LogP contribution in [0.4, 0.5) is 0 Å². The highest BCUT2D eigenvalue weighted by Gasteiger charge is 2.09. The minimum absolute atomic E-state index is 0.118. The number of hydrogen-bond donors (Lipinski definition) is 0. The summed E-state index contributed by atoms with van der Waals surface area (Å²) < 4.78 is 2.07. The predicted octanol–water partition coefficient (Wildman–Crippen LogP) is 4.37. The molecule has 3 rings (SSSR count). The lowest BCUT2D eigenvalue weighted by atomic mass is 10.1. The molecule has 0 saturated carbocycles. The van der Waals surface area contributed by atoms with Crippen molar-refractivity contribution in [2.24, 2.45) is 0 Å². The Labute approximate surface area is 109 Å². The van der Waals surface area contributed by atoms with Gasteiger partial charge in [-0.2, -0.15) is 0 Å². The van der Waals surface area contributed by atoms with E-state index in [1.54, 1.807) is 17.4 Å². The molecule has 0 N–H and O–H groups in total. The maximum Gasteiger partial charge on any atom is 0.196 e. The highest BCUT2D eigenvalue weighted by Crippen LogP contribution is 2.28. The fraction of sp³-hybridized carbons (Fsp3) is 0.0625. The normalized spacial score (nSPS) is 10.9. The smallest absolute Gasteiger partial charge is 0.196 e. The molecule has 0 radical (unpaired) electrons. The van der Waals surface area contributed by atoms with E-state index >= 15 is 0 Å². The van der Waals surface area contributed by atoms with Gasteiger partial charge >= 0.3 is 0 Å². The molecule has 0 unspecified atom stereocenters. The fourth-order valence-electron chi connectivity index (χ4n) is 2.31. The lowest BCUT2D eigenvalue weighted by Crippen LogP contribution is -2.04. The molecule has 0 aliphatic carbocycles. The number of rotatable bonds is 1. The van der Waals surface area contributed by atoms with Crippen LogP contribution >= 0.6 is 11.3 Å². The molecule has 0 bridgehead atoms. The Bertz CT molecular complexity index is 827. The third kappa shape index (κ3) is 1.50. The van der Waals surface area contributed by atoms with E-state index in [0.717, 1.165) is 31.3 Å². The van der Waals surface area contributed by atoms with Gasteiger partial charge in [-0.05, 0) is 30.2 Å². The Hall–Kier alpha value is -1.93. The molecule has 2 aromatic carbocycles. The van der Waals surface area contributed by atoms with Gasteiger partial charge in [-0.25, -0.2) is 0 Å². The average molecular weight is 252 g/mol. The molecular formula is C16H12OS. The fourth-order valence-corrected chi connectivity index (χ4v) is 3.51. The van der Waals surface area contributed by atoms with E-state index in [2.05, 4.69) is 6.58 Å². The van der Waals surface area contributed by atoms with Crippen molar-refractivity contribution in [3.8, 4) is 0 Å². The van der Waals surface area contributed by atoms with Crippen molar-refractivity contribution < 1.29 is 0 Å². The van der Waals surface area contributed by atoms with Crippen LogP contribution in [0.2, 0.25) is 0 Å². The van der Waals surface area contributed by atoms with Crippen LogP contribution in [-0.2, 0) is 0 Å². The third-order valence-corrected chi connectivity index (χ3v) is 4.31. The highest BCUT2D eigenvalue weighted by atomic mass is 32.1. The van der Waals surface area contributed by atoms with Crippen LogP contribution < -0.4 is 5.43 Å². The summed E-state index contributed by atoms with van der Waals surface area (Å²) in [7, 11) is 0. The largest absolute Gasteiger partial charge is 0.288 e. The van der Waals surface area contributed by atoms with Crippen LogP contribution in [0.15, 0.2) is 47.8 Å². The summed E-state index contributed by atoms with van der Waals surface area (Å²) in [4.78, 5) is 12.6. The minimum Gasteiger partial charge on any atom is -0.288 e. The average Bonchev–Trinajstić information content (AvgIpc) is 2.38. The molecule has 1 heterocycles. The molecule has 3 aromatic rings. The Kier molecular flexibility index (Phi) is 2.53. The number of hydrogen-bond acceptors (Lipinski definition) is 2. The maximum atomic E-state index is 12.6. The topological polar surface area (TPSA) is 17.1 Å². The Morgan fingerprint density at radius 1 is 1.06 bits per heavy atom. The van der Waals surface area contributed by atoms with Crippen LogP contribution in [0.3, 0.4) is 0 Å². The molecule has 88 valence electrons. The van der Waals surface area contributed by atoms with Crippen LogP contribution in [-0.4, -0.2) is 0 Å². The second-order valence-corrected chi connectivity index (χ2v) is 5.39. The van der Waals surface area contributed by atoms with Gasteiger partial charge in [-0.3, -0.25) is 4.79 Å². The van der Waals surface area contributed by atoms with E-state index in [9.17, 15) is 4.79 Å². The highest BCUT2D eigenvalue weighted by molar-refractivity contribution is 7.24. The van der Waals surface area contributed by atoms with Gasteiger partial charge in [0, 0.05) is 20.2 Å². The molecule has 0 fully saturated rings. The Morgan fingerprint density at radius 3 is 2.44 bits per heavy atom. The van der Waals surface area contributed by atoms with Crippen LogP contribution in [0.5, 0.6) is 0 Å². The molecular weight excluding hydrogens is 240 g/mol. The SMILES string of the molecule is C=Cc1cccc2sc3cccc(C)c3c(=O)c12. The molecule has 0 spiro atoms. The standard InChI is InChI=1S/C16H12OS/c1-3-11-7-5-9-13-15(11)16(17)14-10(2)6-4-8-12(14)18-13/h3-9H,1H2,2H3. The van der Waals surface area contributed by atoms with Crippen molar-refractivity contribution in [3.05, 3.63) is 64.3 Å². The summed E-state index contributed by atoms with van der Waals surface area (Å²) in [6.45, 7) is 5.78. The lowest BCUT2D eigenvalue weighted by molar-refractivity contribution is 1.53. The molecule has 1 aromatic heterocycles. The zero-order valence-electron chi connectivity index (χ0n) is 10.1. The van der Waals surface area contributed by atoms with E-state index in [4.69, 9.17) is 0 Å². The van der Waals surface area contributed by atoms with E-state index in [0.29, 0.717) is 0 Å². The zero-order valence-corrected chi connectivity index (χ0v) is 10.9. The maximum absolute atomic E-state index is 12.6. The molecule has 0 aliphatic rings. The van der Waals surface area contributed by atoms with Crippen LogP contribution in [0.25, 0.3) is 26.2 Å². The second kappa shape index (κ2) is 4.07. The van der Waals surface area contributed by atoms with E-state index < -0.39 is 0 Å². The van der Waals surface area contributed by atoms with Crippen molar-refractivity contribution in [1.29, 1.82) is 0 Å². The van der Waals surface area contributed by atoms with E-state index in [-0.39, 0.29) is 5.43 Å². The van der Waals surface area contributed by atoms with Crippen molar-refractivity contribution in [3.63, 3.8) is 0 Å². The van der Waals surface area contributed by atoms with Crippen molar-refractivity contribution in [2.75, 3.05) is 0 Å². The first-order valence-corrected chi connectivity index (χ1v) is 6.61. The summed E-state index contributed by atoms with van der Waals surface area (Å²) in [5.74, 6) is 0.